The van der Waals surface area contributed by atoms with Crippen LogP contribution in [0.5, 0.6) is 0 Å². The number of carbonyl (C=O) groups excluding carboxylic acids is 1. The number of carbonyl (C=O) groups is 1. The van der Waals surface area contributed by atoms with Gasteiger partial charge in [-0.3, -0.25) is 4.79 Å². The molecule has 1 amide bonds. The Balaban J connectivity index is 0.00000147. The van der Waals surface area contributed by atoms with Crippen LogP contribution in [0.3, 0.4) is 0 Å². The number of hydrogen-bond acceptors (Lipinski definition) is 5. The summed E-state index contributed by atoms with van der Waals surface area (Å²) < 4.78 is 3.72. The highest BCUT2D eigenvalue weighted by atomic mass is 35.5. The van der Waals surface area contributed by atoms with E-state index in [4.69, 9.17) is 5.73 Å². The molecule has 0 unspecified atom stereocenters. The Kier molecular flexibility index (Phi) is 4.69. The highest BCUT2D eigenvalue weighted by Gasteiger charge is 2.34. The van der Waals surface area contributed by atoms with Crippen molar-refractivity contribution in [1.82, 2.24) is 14.5 Å². The first-order valence-electron chi connectivity index (χ1n) is 6.12. The Labute approximate surface area is 127 Å². The minimum Gasteiger partial charge on any atom is -0.335 e. The Hall–Kier alpha value is -1.50. The molecule has 0 bridgehead atoms. The van der Waals surface area contributed by atoms with Crippen LogP contribution < -0.4 is 5.73 Å². The molecule has 7 heteroatoms. The minimum absolute atomic E-state index is 0. The Morgan fingerprint density at radius 3 is 2.70 bits per heavy atom. The smallest absolute Gasteiger partial charge is 0.275 e. The number of rotatable bonds is 2. The van der Waals surface area contributed by atoms with Crippen LogP contribution in [0.1, 0.15) is 22.0 Å². The van der Waals surface area contributed by atoms with Gasteiger partial charge in [0.1, 0.15) is 0 Å². The third kappa shape index (κ3) is 2.82. The molecular weight excluding hydrogens is 296 g/mol. The van der Waals surface area contributed by atoms with Crippen molar-refractivity contribution in [1.29, 1.82) is 0 Å². The Morgan fingerprint density at radius 2 is 2.05 bits per heavy atom. The molecule has 20 heavy (non-hydrogen) atoms. The van der Waals surface area contributed by atoms with Gasteiger partial charge in [0.15, 0.2) is 5.69 Å². The molecule has 0 radical (unpaired) electrons. The average Bonchev–Trinajstić information content (AvgIpc) is 3.08. The number of halogens is 1. The maximum absolute atomic E-state index is 12.2. The van der Waals surface area contributed by atoms with E-state index in [9.17, 15) is 4.79 Å². The van der Waals surface area contributed by atoms with E-state index in [1.807, 2.05) is 18.2 Å². The van der Waals surface area contributed by atoms with E-state index in [1.54, 1.807) is 10.3 Å². The van der Waals surface area contributed by atoms with Gasteiger partial charge in [0.25, 0.3) is 5.91 Å². The molecule has 1 fully saturated rings. The predicted molar refractivity (Wildman–Crippen MR) is 80.2 cm³/mol. The molecule has 0 spiro atoms. The van der Waals surface area contributed by atoms with Crippen LogP contribution in [0.25, 0.3) is 0 Å². The van der Waals surface area contributed by atoms with Gasteiger partial charge in [0, 0.05) is 30.4 Å². The predicted octanol–water partition coefficient (Wildman–Crippen LogP) is 1.53. The summed E-state index contributed by atoms with van der Waals surface area (Å²) in [4.78, 5) is 14.0. The Morgan fingerprint density at radius 1 is 1.30 bits per heavy atom. The van der Waals surface area contributed by atoms with Gasteiger partial charge < -0.3 is 10.6 Å². The first kappa shape index (κ1) is 14.9. The molecule has 1 saturated heterocycles. The highest BCUT2D eigenvalue weighted by molar-refractivity contribution is 7.03. The van der Waals surface area contributed by atoms with Crippen LogP contribution in [-0.4, -0.2) is 39.5 Å². The van der Waals surface area contributed by atoms with E-state index < -0.39 is 0 Å². The zero-order valence-electron chi connectivity index (χ0n) is 10.7. The van der Waals surface area contributed by atoms with Crippen LogP contribution >= 0.6 is 23.9 Å². The normalized spacial score (nSPS) is 21.6. The lowest BCUT2D eigenvalue weighted by Gasteiger charge is -2.15. The second-order valence-corrected chi connectivity index (χ2v) is 5.29. The molecule has 2 heterocycles. The van der Waals surface area contributed by atoms with Crippen molar-refractivity contribution in [2.45, 2.75) is 12.0 Å². The summed E-state index contributed by atoms with van der Waals surface area (Å²) >= 11 is 1.18. The van der Waals surface area contributed by atoms with Crippen molar-refractivity contribution in [2.75, 3.05) is 13.1 Å². The van der Waals surface area contributed by atoms with Crippen molar-refractivity contribution < 1.29 is 4.79 Å². The van der Waals surface area contributed by atoms with Gasteiger partial charge in [-0.25, -0.2) is 0 Å². The zero-order chi connectivity index (χ0) is 13.2. The topological polar surface area (TPSA) is 72.1 Å². The molecule has 2 N–H and O–H groups in total. The lowest BCUT2D eigenvalue weighted by molar-refractivity contribution is 0.0783. The molecule has 1 aliphatic heterocycles. The van der Waals surface area contributed by atoms with E-state index >= 15 is 0 Å². The quantitative estimate of drug-likeness (QED) is 0.913. The molecule has 2 atom stereocenters. The van der Waals surface area contributed by atoms with Gasteiger partial charge in [-0.1, -0.05) is 34.8 Å². The van der Waals surface area contributed by atoms with Crippen molar-refractivity contribution in [3.05, 3.63) is 47.0 Å². The molecule has 0 aliphatic carbocycles. The van der Waals surface area contributed by atoms with Crippen molar-refractivity contribution in [3.8, 4) is 0 Å². The molecule has 0 saturated carbocycles. The molecule has 106 valence electrons. The van der Waals surface area contributed by atoms with Gasteiger partial charge >= 0.3 is 0 Å². The van der Waals surface area contributed by atoms with E-state index in [-0.39, 0.29) is 30.3 Å². The lowest BCUT2D eigenvalue weighted by Crippen LogP contribution is -2.32. The highest BCUT2D eigenvalue weighted by Crippen LogP contribution is 2.27. The number of amides is 1. The zero-order valence-corrected chi connectivity index (χ0v) is 12.3. The molecule has 2 aromatic rings. The summed E-state index contributed by atoms with van der Waals surface area (Å²) in [6.07, 6.45) is 0. The van der Waals surface area contributed by atoms with Crippen molar-refractivity contribution in [2.24, 2.45) is 5.73 Å². The van der Waals surface area contributed by atoms with E-state index in [0.29, 0.717) is 18.8 Å². The maximum atomic E-state index is 12.2. The van der Waals surface area contributed by atoms with Gasteiger partial charge in [0.2, 0.25) is 0 Å². The molecule has 1 aromatic heterocycles. The van der Waals surface area contributed by atoms with E-state index in [0.717, 1.165) is 0 Å². The fraction of sp³-hybridized carbons (Fsp3) is 0.308. The third-order valence-corrected chi connectivity index (χ3v) is 3.96. The van der Waals surface area contributed by atoms with Crippen molar-refractivity contribution >= 4 is 29.8 Å². The first-order valence-corrected chi connectivity index (χ1v) is 6.96. The summed E-state index contributed by atoms with van der Waals surface area (Å²) in [6, 6.07) is 10.1. The number of aromatic nitrogens is 2. The van der Waals surface area contributed by atoms with E-state index in [2.05, 4.69) is 21.7 Å². The van der Waals surface area contributed by atoms with Gasteiger partial charge in [-0.05, 0) is 17.1 Å². The van der Waals surface area contributed by atoms with Crippen LogP contribution in [0, 0.1) is 0 Å². The fourth-order valence-electron chi connectivity index (χ4n) is 2.47. The molecule has 1 aromatic carbocycles. The maximum Gasteiger partial charge on any atom is 0.275 e. The fourth-order valence-corrected chi connectivity index (χ4v) is 2.90. The summed E-state index contributed by atoms with van der Waals surface area (Å²) in [5.74, 6) is 0.111. The van der Waals surface area contributed by atoms with Crippen molar-refractivity contribution in [3.63, 3.8) is 0 Å². The number of hydrogen-bond donors (Lipinski definition) is 1. The second-order valence-electron chi connectivity index (χ2n) is 4.68. The number of likely N-dealkylation sites (tertiary alicyclic amines) is 1. The molecule has 1 aliphatic rings. The largest absolute Gasteiger partial charge is 0.335 e. The summed E-state index contributed by atoms with van der Waals surface area (Å²) in [5, 5.41) is 5.49. The third-order valence-electron chi connectivity index (χ3n) is 3.46. The number of nitrogens with zero attached hydrogens (tertiary/aromatic N) is 3. The van der Waals surface area contributed by atoms with Crippen LogP contribution in [0.4, 0.5) is 0 Å². The van der Waals surface area contributed by atoms with Gasteiger partial charge in [-0.2, -0.15) is 0 Å². The summed E-state index contributed by atoms with van der Waals surface area (Å²) in [5.41, 5.74) is 7.76. The molecule has 3 rings (SSSR count). The Bertz CT molecular complexity index is 563. The minimum atomic E-state index is -0.0809. The summed E-state index contributed by atoms with van der Waals surface area (Å²) in [6.45, 7) is 1.21. The van der Waals surface area contributed by atoms with E-state index in [1.165, 1.54) is 17.1 Å². The standard InChI is InChI=1S/C13H14N4OS.ClH/c14-11-7-17(13(18)12-8-19-16-15-12)6-10(11)9-4-2-1-3-5-9;/h1-5,8,10-11H,6-7,14H2;1H/t10-,11+;/m0./s1. The number of benzene rings is 1. The molecular formula is C13H15ClN4OS. The first-order chi connectivity index (χ1) is 9.25. The SMILES string of the molecule is Cl.N[C@@H]1CN(C(=O)c2csnn2)C[C@H]1c1ccccc1. The van der Waals surface area contributed by atoms with Crippen LogP contribution in [-0.2, 0) is 0 Å². The van der Waals surface area contributed by atoms with Gasteiger partial charge in [-0.15, -0.1) is 17.5 Å². The lowest BCUT2D eigenvalue weighted by atomic mass is 9.95. The average molecular weight is 311 g/mol. The number of nitrogens with two attached hydrogens (primary N) is 1. The van der Waals surface area contributed by atoms with Crippen LogP contribution in [0.15, 0.2) is 35.7 Å². The van der Waals surface area contributed by atoms with Gasteiger partial charge in [0.05, 0.1) is 0 Å². The monoisotopic (exact) mass is 310 g/mol. The summed E-state index contributed by atoms with van der Waals surface area (Å²) in [7, 11) is 0. The molecule has 5 nitrogen and oxygen atoms in total. The van der Waals surface area contributed by atoms with Crippen LogP contribution in [0.2, 0.25) is 0 Å². The second kappa shape index (κ2) is 6.30.